The number of aromatic nitrogens is 1. The molecule has 0 unspecified atom stereocenters. The van der Waals surface area contributed by atoms with Gasteiger partial charge in [-0.15, -0.1) is 0 Å². The Labute approximate surface area is 96.5 Å². The number of pyridine rings is 1. The molecule has 0 aliphatic rings. The number of nitrogens with two attached hydrogens (primary N) is 1. The maximum absolute atomic E-state index is 12.5. The van der Waals surface area contributed by atoms with Gasteiger partial charge in [0.1, 0.15) is 22.8 Å². The lowest BCUT2D eigenvalue weighted by Gasteiger charge is -2.11. The van der Waals surface area contributed by atoms with E-state index in [0.29, 0.717) is 0 Å². The van der Waals surface area contributed by atoms with Gasteiger partial charge in [0.05, 0.1) is 13.7 Å². The smallest absolute Gasteiger partial charge is 0.345 e. The van der Waals surface area contributed by atoms with Gasteiger partial charge in [0.2, 0.25) is 0 Å². The Kier molecular flexibility index (Phi) is 4.19. The molecule has 0 amide bonds. The summed E-state index contributed by atoms with van der Waals surface area (Å²) in [5, 5.41) is 0. The summed E-state index contributed by atoms with van der Waals surface area (Å²) >= 11 is 0. The van der Waals surface area contributed by atoms with Crippen LogP contribution in [0.2, 0.25) is 0 Å². The lowest BCUT2D eigenvalue weighted by atomic mass is 10.2. The second kappa shape index (κ2) is 5.42. The van der Waals surface area contributed by atoms with Crippen LogP contribution < -0.4 is 10.5 Å². The molecule has 2 N–H and O–H groups in total. The Morgan fingerprint density at radius 1 is 1.59 bits per heavy atom. The van der Waals surface area contributed by atoms with Crippen molar-refractivity contribution in [3.8, 4) is 5.75 Å². The summed E-state index contributed by atoms with van der Waals surface area (Å²) in [6.45, 7) is 1.75. The highest BCUT2D eigenvalue weighted by atomic mass is 19.3. The number of alkyl halides is 2. The Morgan fingerprint density at radius 3 is 2.71 bits per heavy atom. The number of carbonyl (C=O) groups excluding carboxylic acids is 1. The van der Waals surface area contributed by atoms with E-state index in [1.54, 1.807) is 6.92 Å². The summed E-state index contributed by atoms with van der Waals surface area (Å²) in [5.41, 5.74) is 4.75. The highest BCUT2D eigenvalue weighted by molar-refractivity contribution is 5.97. The van der Waals surface area contributed by atoms with Crippen LogP contribution in [-0.2, 0) is 4.74 Å². The molecule has 0 atom stereocenters. The number of hydrogen-bond acceptors (Lipinski definition) is 5. The predicted octanol–water partition coefficient (Wildman–Crippen LogP) is 1.79. The fourth-order valence-corrected chi connectivity index (χ4v) is 1.24. The van der Waals surface area contributed by atoms with Gasteiger partial charge in [0, 0.05) is 6.07 Å². The molecule has 0 bridgehead atoms. The van der Waals surface area contributed by atoms with Crippen LogP contribution >= 0.6 is 0 Å². The minimum absolute atomic E-state index is 0.0775. The monoisotopic (exact) mass is 246 g/mol. The molecule has 1 rings (SSSR count). The van der Waals surface area contributed by atoms with Gasteiger partial charge in [0.15, 0.2) is 0 Å². The van der Waals surface area contributed by atoms with E-state index in [-0.39, 0.29) is 23.7 Å². The maximum Gasteiger partial charge on any atom is 0.345 e. The molecule has 0 radical (unpaired) electrons. The molecule has 1 aromatic heterocycles. The Balaban J connectivity index is 3.25. The van der Waals surface area contributed by atoms with Crippen LogP contribution in [0.5, 0.6) is 5.75 Å². The molecule has 1 heterocycles. The van der Waals surface area contributed by atoms with Gasteiger partial charge in [-0.2, -0.15) is 0 Å². The van der Waals surface area contributed by atoms with Gasteiger partial charge in [-0.05, 0) is 6.92 Å². The summed E-state index contributed by atoms with van der Waals surface area (Å²) < 4.78 is 34.5. The number of nitrogens with zero attached hydrogens (tertiary/aromatic N) is 1. The standard InChI is InChI=1S/C10H12F2N2O3/c1-3-17-10(15)7-6(16-2)4-5(8(11)12)14-9(7)13/h4,8H,3H2,1-2H3,(H2,13,14). The number of nitrogen functional groups attached to an aromatic ring is 1. The molecule has 0 spiro atoms. The molecule has 0 saturated carbocycles. The van der Waals surface area contributed by atoms with E-state index in [1.807, 2.05) is 0 Å². The van der Waals surface area contributed by atoms with E-state index in [9.17, 15) is 13.6 Å². The van der Waals surface area contributed by atoms with Crippen molar-refractivity contribution in [2.45, 2.75) is 13.3 Å². The third-order valence-corrected chi connectivity index (χ3v) is 1.95. The Hall–Kier alpha value is -1.92. The summed E-state index contributed by atoms with van der Waals surface area (Å²) in [4.78, 5) is 14.9. The topological polar surface area (TPSA) is 74.4 Å². The minimum atomic E-state index is -2.79. The van der Waals surface area contributed by atoms with Crippen molar-refractivity contribution in [3.05, 3.63) is 17.3 Å². The van der Waals surface area contributed by atoms with Crippen LogP contribution in [0, 0.1) is 0 Å². The normalized spacial score (nSPS) is 10.4. The van der Waals surface area contributed by atoms with E-state index in [2.05, 4.69) is 4.98 Å². The first-order valence-electron chi connectivity index (χ1n) is 4.80. The zero-order valence-electron chi connectivity index (χ0n) is 9.37. The summed E-state index contributed by atoms with van der Waals surface area (Å²) in [6, 6.07) is 0.966. The average Bonchev–Trinajstić information content (AvgIpc) is 2.27. The van der Waals surface area contributed by atoms with Gasteiger partial charge in [-0.1, -0.05) is 0 Å². The predicted molar refractivity (Wildman–Crippen MR) is 56.1 cm³/mol. The van der Waals surface area contributed by atoms with Crippen molar-refractivity contribution in [2.75, 3.05) is 19.5 Å². The van der Waals surface area contributed by atoms with E-state index in [4.69, 9.17) is 15.2 Å². The van der Waals surface area contributed by atoms with E-state index in [1.165, 1.54) is 7.11 Å². The number of halogens is 2. The van der Waals surface area contributed by atoms with Gasteiger partial charge in [0.25, 0.3) is 6.43 Å². The number of ether oxygens (including phenoxy) is 2. The summed E-state index contributed by atoms with van der Waals surface area (Å²) in [6.07, 6.45) is -2.79. The largest absolute Gasteiger partial charge is 0.496 e. The number of rotatable bonds is 4. The van der Waals surface area contributed by atoms with Crippen molar-refractivity contribution in [1.29, 1.82) is 0 Å². The second-order valence-corrected chi connectivity index (χ2v) is 3.03. The number of methoxy groups -OCH3 is 1. The Bertz CT molecular complexity index is 424. The highest BCUT2D eigenvalue weighted by Gasteiger charge is 2.22. The average molecular weight is 246 g/mol. The Morgan fingerprint density at radius 2 is 2.24 bits per heavy atom. The number of hydrogen-bond donors (Lipinski definition) is 1. The fourth-order valence-electron chi connectivity index (χ4n) is 1.24. The van der Waals surface area contributed by atoms with Gasteiger partial charge in [-0.3, -0.25) is 0 Å². The molecule has 1 aromatic rings. The maximum atomic E-state index is 12.5. The third-order valence-electron chi connectivity index (χ3n) is 1.95. The van der Waals surface area contributed by atoms with E-state index < -0.39 is 18.1 Å². The van der Waals surface area contributed by atoms with Crippen LogP contribution in [0.15, 0.2) is 6.07 Å². The zero-order chi connectivity index (χ0) is 13.0. The first-order valence-corrected chi connectivity index (χ1v) is 4.80. The summed E-state index contributed by atoms with van der Waals surface area (Å²) in [7, 11) is 1.24. The van der Waals surface area contributed by atoms with Crippen molar-refractivity contribution < 1.29 is 23.0 Å². The summed E-state index contributed by atoms with van der Waals surface area (Å²) in [5.74, 6) is -1.17. The first-order chi connectivity index (χ1) is 8.01. The zero-order valence-corrected chi connectivity index (χ0v) is 9.37. The molecular weight excluding hydrogens is 234 g/mol. The molecule has 0 saturated heterocycles. The van der Waals surface area contributed by atoms with Gasteiger partial charge >= 0.3 is 5.97 Å². The molecular formula is C10H12F2N2O3. The van der Waals surface area contributed by atoms with Crippen molar-refractivity contribution in [1.82, 2.24) is 4.98 Å². The van der Waals surface area contributed by atoms with Crippen LogP contribution in [0.3, 0.4) is 0 Å². The SMILES string of the molecule is CCOC(=O)c1c(OC)cc(C(F)F)nc1N. The third kappa shape index (κ3) is 2.80. The fraction of sp³-hybridized carbons (Fsp3) is 0.400. The molecule has 17 heavy (non-hydrogen) atoms. The number of anilines is 1. The number of esters is 1. The van der Waals surface area contributed by atoms with Crippen molar-refractivity contribution >= 4 is 11.8 Å². The lowest BCUT2D eigenvalue weighted by molar-refractivity contribution is 0.0523. The van der Waals surface area contributed by atoms with Gasteiger partial charge in [-0.25, -0.2) is 18.6 Å². The highest BCUT2D eigenvalue weighted by Crippen LogP contribution is 2.29. The molecule has 94 valence electrons. The van der Waals surface area contributed by atoms with Crippen molar-refractivity contribution in [2.24, 2.45) is 0 Å². The van der Waals surface area contributed by atoms with E-state index >= 15 is 0 Å². The van der Waals surface area contributed by atoms with Crippen molar-refractivity contribution in [3.63, 3.8) is 0 Å². The van der Waals surface area contributed by atoms with Crippen LogP contribution in [0.25, 0.3) is 0 Å². The van der Waals surface area contributed by atoms with Crippen LogP contribution in [0.1, 0.15) is 29.4 Å². The number of carbonyl (C=O) groups is 1. The molecule has 0 aromatic carbocycles. The first kappa shape index (κ1) is 13.1. The van der Waals surface area contributed by atoms with Crippen LogP contribution in [-0.4, -0.2) is 24.7 Å². The van der Waals surface area contributed by atoms with Crippen LogP contribution in [0.4, 0.5) is 14.6 Å². The lowest BCUT2D eigenvalue weighted by Crippen LogP contribution is -2.12. The minimum Gasteiger partial charge on any atom is -0.496 e. The molecule has 0 aliphatic heterocycles. The molecule has 0 fully saturated rings. The van der Waals surface area contributed by atoms with E-state index in [0.717, 1.165) is 6.07 Å². The molecule has 7 heteroatoms. The molecule has 5 nitrogen and oxygen atoms in total. The van der Waals surface area contributed by atoms with Gasteiger partial charge < -0.3 is 15.2 Å². The quantitative estimate of drug-likeness (QED) is 0.820. The molecule has 0 aliphatic carbocycles. The second-order valence-electron chi connectivity index (χ2n) is 3.03.